The van der Waals surface area contributed by atoms with E-state index in [1.807, 2.05) is 18.2 Å². The van der Waals surface area contributed by atoms with Gasteiger partial charge in [-0.15, -0.1) is 0 Å². The van der Waals surface area contributed by atoms with E-state index >= 15 is 0 Å². The molecule has 40 heavy (non-hydrogen) atoms. The molecule has 6 atom stereocenters. The van der Waals surface area contributed by atoms with Crippen molar-refractivity contribution < 1.29 is 39.3 Å². The number of nitrogens with zero attached hydrogens (tertiary/aromatic N) is 1. The number of fused-ring (bicyclic) bond motifs is 3. The molecule has 6 rings (SSSR count). The summed E-state index contributed by atoms with van der Waals surface area (Å²) in [6.07, 6.45) is -0.382. The van der Waals surface area contributed by atoms with Gasteiger partial charge in [-0.3, -0.25) is 14.5 Å². The predicted molar refractivity (Wildman–Crippen MR) is 148 cm³/mol. The Morgan fingerprint density at radius 2 is 1.77 bits per heavy atom. The number of hydrogen-bond donors (Lipinski definition) is 4. The summed E-state index contributed by atoms with van der Waals surface area (Å²) in [4.78, 5) is 28.7. The highest BCUT2D eigenvalue weighted by Crippen LogP contribution is 2.59. The number of hydrogen-bond acceptors (Lipinski definition) is 8. The fourth-order valence-corrected chi connectivity index (χ4v) is 6.82. The van der Waals surface area contributed by atoms with Crippen LogP contribution in [0.3, 0.4) is 0 Å². The molecule has 3 aromatic carbocycles. The van der Waals surface area contributed by atoms with E-state index in [0.717, 1.165) is 9.37 Å². The first-order chi connectivity index (χ1) is 19.2. The van der Waals surface area contributed by atoms with Crippen LogP contribution in [0, 0.1) is 23.7 Å². The van der Waals surface area contributed by atoms with Crippen molar-refractivity contribution in [2.24, 2.45) is 23.7 Å². The second-order valence-corrected chi connectivity index (χ2v) is 11.5. The molecule has 9 nitrogen and oxygen atoms in total. The minimum atomic E-state index is -1.80. The Balaban J connectivity index is 1.37. The van der Waals surface area contributed by atoms with E-state index in [0.29, 0.717) is 11.3 Å². The monoisotopic (exact) mass is 607 g/mol. The Hall–Kier alpha value is -3.22. The number of phenolic OH excluding ortho intramolecular Hbond substituents is 1. The average molecular weight is 608 g/mol. The van der Waals surface area contributed by atoms with Crippen LogP contribution in [-0.4, -0.2) is 51.6 Å². The first kappa shape index (κ1) is 27.0. The standard InChI is InChI=1S/C29H27BBrNO8/c31-18-9-10-24(33)21(13-18)25-14-23-26-22(11-16(29(23,36)40-25)15-39-20-7-2-1-3-8-20)27(34)32(28(26)35)19-6-4-5-17(12-19)30(37)38/h1-10,12-13,16,22-23,25-26,33,36-38H,11,14-15H2/t16-,22+,23+,25+,26+,29-/m1/s1. The summed E-state index contributed by atoms with van der Waals surface area (Å²) < 4.78 is 13.0. The largest absolute Gasteiger partial charge is 0.508 e. The Kier molecular flexibility index (Phi) is 6.96. The fraction of sp³-hybridized carbons (Fsp3) is 0.310. The van der Waals surface area contributed by atoms with Crippen LogP contribution in [0.5, 0.6) is 11.5 Å². The molecule has 3 aliphatic rings. The van der Waals surface area contributed by atoms with Gasteiger partial charge in [-0.05, 0) is 60.8 Å². The third-order valence-electron chi connectivity index (χ3n) is 8.32. The summed E-state index contributed by atoms with van der Waals surface area (Å²) in [5.74, 6) is -5.11. The van der Waals surface area contributed by atoms with Gasteiger partial charge < -0.3 is 29.7 Å². The molecule has 2 heterocycles. The maximum atomic E-state index is 13.9. The molecule has 1 aliphatic carbocycles. The van der Waals surface area contributed by atoms with Crippen molar-refractivity contribution >= 4 is 46.0 Å². The van der Waals surface area contributed by atoms with E-state index in [4.69, 9.17) is 9.47 Å². The molecule has 0 spiro atoms. The number of carbonyl (C=O) groups is 2. The molecule has 3 aromatic rings. The van der Waals surface area contributed by atoms with Crippen molar-refractivity contribution in [1.82, 2.24) is 0 Å². The highest BCUT2D eigenvalue weighted by atomic mass is 79.9. The molecule has 0 unspecified atom stereocenters. The van der Waals surface area contributed by atoms with Crippen LogP contribution in [-0.2, 0) is 14.3 Å². The lowest BCUT2D eigenvalue weighted by molar-refractivity contribution is -0.272. The fourth-order valence-electron chi connectivity index (χ4n) is 6.44. The zero-order valence-corrected chi connectivity index (χ0v) is 22.8. The van der Waals surface area contributed by atoms with Gasteiger partial charge in [-0.25, -0.2) is 0 Å². The Bertz CT molecular complexity index is 1450. The van der Waals surface area contributed by atoms with Crippen LogP contribution >= 0.6 is 15.9 Å². The van der Waals surface area contributed by atoms with Crippen molar-refractivity contribution in [2.45, 2.75) is 24.7 Å². The second-order valence-electron chi connectivity index (χ2n) is 10.6. The summed E-state index contributed by atoms with van der Waals surface area (Å²) in [5.41, 5.74) is 0.846. The van der Waals surface area contributed by atoms with Crippen molar-refractivity contribution in [3.8, 4) is 11.5 Å². The highest BCUT2D eigenvalue weighted by Gasteiger charge is 2.67. The summed E-state index contributed by atoms with van der Waals surface area (Å²) in [7, 11) is -1.76. The lowest BCUT2D eigenvalue weighted by Gasteiger charge is -2.44. The summed E-state index contributed by atoms with van der Waals surface area (Å²) in [6.45, 7) is 0.0467. The number of anilines is 1. The summed E-state index contributed by atoms with van der Waals surface area (Å²) in [6, 6.07) is 20.0. The van der Waals surface area contributed by atoms with Crippen molar-refractivity contribution in [3.05, 3.63) is 82.8 Å². The van der Waals surface area contributed by atoms with Gasteiger partial charge in [0.25, 0.3) is 0 Å². The number of carbonyl (C=O) groups excluding carboxylic acids is 2. The molecule has 11 heteroatoms. The van der Waals surface area contributed by atoms with E-state index in [1.54, 1.807) is 36.4 Å². The molecular formula is C29H27BBrNO8. The molecule has 2 saturated heterocycles. The quantitative estimate of drug-likeness (QED) is 0.248. The molecule has 3 fully saturated rings. The molecule has 0 radical (unpaired) electrons. The first-order valence-electron chi connectivity index (χ1n) is 13.1. The maximum absolute atomic E-state index is 13.9. The van der Waals surface area contributed by atoms with Crippen LogP contribution in [0.4, 0.5) is 5.69 Å². The zero-order valence-electron chi connectivity index (χ0n) is 21.3. The molecule has 0 bridgehead atoms. The minimum absolute atomic E-state index is 0.00101. The van der Waals surface area contributed by atoms with Crippen molar-refractivity contribution in [2.75, 3.05) is 11.5 Å². The number of para-hydroxylation sites is 1. The van der Waals surface area contributed by atoms with Crippen LogP contribution in [0.2, 0.25) is 0 Å². The lowest BCUT2D eigenvalue weighted by atomic mass is 9.64. The molecule has 2 aliphatic heterocycles. The average Bonchev–Trinajstić information content (AvgIpc) is 3.42. The number of aromatic hydroxyl groups is 1. The SMILES string of the molecule is O=C1[C@H]2[C@H](C[C@H](COc3ccccc3)[C@@]3(O)O[C@H](c4cc(Br)ccc4O)C[C@@H]23)C(=O)N1c1cccc(B(O)O)c1. The van der Waals surface area contributed by atoms with Crippen LogP contribution < -0.4 is 15.1 Å². The van der Waals surface area contributed by atoms with Gasteiger partial charge in [0.1, 0.15) is 11.5 Å². The van der Waals surface area contributed by atoms with Gasteiger partial charge in [0.15, 0.2) is 5.79 Å². The summed E-state index contributed by atoms with van der Waals surface area (Å²) in [5, 5.41) is 42.0. The van der Waals surface area contributed by atoms with Gasteiger partial charge in [0.05, 0.1) is 30.2 Å². The van der Waals surface area contributed by atoms with Gasteiger partial charge in [-0.1, -0.05) is 46.3 Å². The van der Waals surface area contributed by atoms with Crippen LogP contribution in [0.25, 0.3) is 0 Å². The van der Waals surface area contributed by atoms with Gasteiger partial charge in [-0.2, -0.15) is 0 Å². The Morgan fingerprint density at radius 3 is 2.52 bits per heavy atom. The highest BCUT2D eigenvalue weighted by molar-refractivity contribution is 9.10. The zero-order chi connectivity index (χ0) is 28.2. The predicted octanol–water partition coefficient (Wildman–Crippen LogP) is 2.51. The minimum Gasteiger partial charge on any atom is -0.508 e. The van der Waals surface area contributed by atoms with E-state index in [-0.39, 0.29) is 36.3 Å². The number of halogens is 1. The lowest BCUT2D eigenvalue weighted by Crippen LogP contribution is -2.55. The number of ether oxygens (including phenoxy) is 2. The van der Waals surface area contributed by atoms with Gasteiger partial charge in [0.2, 0.25) is 11.8 Å². The number of imide groups is 1. The molecule has 0 aromatic heterocycles. The first-order valence-corrected chi connectivity index (χ1v) is 13.9. The van der Waals surface area contributed by atoms with E-state index < -0.39 is 54.5 Å². The smallest absolute Gasteiger partial charge is 0.488 e. The van der Waals surface area contributed by atoms with E-state index in [9.17, 15) is 29.9 Å². The number of rotatable bonds is 6. The van der Waals surface area contributed by atoms with Crippen LogP contribution in [0.15, 0.2) is 77.3 Å². The van der Waals surface area contributed by atoms with E-state index in [2.05, 4.69) is 15.9 Å². The molecule has 2 amide bonds. The van der Waals surface area contributed by atoms with E-state index in [1.165, 1.54) is 18.2 Å². The number of phenols is 1. The molecule has 4 N–H and O–H groups in total. The topological polar surface area (TPSA) is 137 Å². The third-order valence-corrected chi connectivity index (χ3v) is 8.81. The van der Waals surface area contributed by atoms with Crippen molar-refractivity contribution in [1.29, 1.82) is 0 Å². The molecular weight excluding hydrogens is 581 g/mol. The molecule has 206 valence electrons. The number of amides is 2. The van der Waals surface area contributed by atoms with Crippen LogP contribution in [0.1, 0.15) is 24.5 Å². The Labute approximate surface area is 239 Å². The van der Waals surface area contributed by atoms with Crippen molar-refractivity contribution in [3.63, 3.8) is 0 Å². The molecule has 1 saturated carbocycles. The van der Waals surface area contributed by atoms with Gasteiger partial charge in [0, 0.05) is 21.9 Å². The Morgan fingerprint density at radius 1 is 1.00 bits per heavy atom. The number of benzene rings is 3. The third kappa shape index (κ3) is 4.51. The number of aliphatic hydroxyl groups is 1. The summed E-state index contributed by atoms with van der Waals surface area (Å²) >= 11 is 3.42. The second kappa shape index (κ2) is 10.3. The maximum Gasteiger partial charge on any atom is 0.488 e. The normalized spacial score (nSPS) is 29.3. The van der Waals surface area contributed by atoms with Gasteiger partial charge >= 0.3 is 7.12 Å².